The number of hydrogen-bond acceptors (Lipinski definition) is 3. The topological polar surface area (TPSA) is 63.1 Å². The summed E-state index contributed by atoms with van der Waals surface area (Å²) in [6, 6.07) is 5.88. The van der Waals surface area contributed by atoms with Gasteiger partial charge in [0.05, 0.1) is 12.7 Å². The molecule has 100 valence electrons. The molecule has 0 radical (unpaired) electrons. The maximum absolute atomic E-state index is 12.2. The summed E-state index contributed by atoms with van der Waals surface area (Å²) >= 11 is 0. The number of H-pyrrole nitrogens is 1. The van der Waals surface area contributed by atoms with E-state index in [-0.39, 0.29) is 23.9 Å². The second-order valence-corrected chi connectivity index (χ2v) is 5.34. The number of carbonyl (C=O) groups excluding carboxylic acids is 2. The van der Waals surface area contributed by atoms with E-state index in [9.17, 15) is 9.59 Å². The molecule has 1 fully saturated rings. The summed E-state index contributed by atoms with van der Waals surface area (Å²) in [4.78, 5) is 26.7. The van der Waals surface area contributed by atoms with Gasteiger partial charge in [0.25, 0.3) is 0 Å². The van der Waals surface area contributed by atoms with Crippen LogP contribution in [0.2, 0.25) is 0 Å². The van der Waals surface area contributed by atoms with Crippen LogP contribution in [0.25, 0.3) is 21.9 Å². The minimum absolute atomic E-state index is 0.0106. The van der Waals surface area contributed by atoms with Crippen molar-refractivity contribution in [2.75, 3.05) is 0 Å². The predicted octanol–water partition coefficient (Wildman–Crippen LogP) is 3.32. The van der Waals surface area contributed by atoms with Crippen molar-refractivity contribution in [3.63, 3.8) is 0 Å². The second-order valence-electron chi connectivity index (χ2n) is 5.34. The molecule has 4 heteroatoms. The average molecular weight is 267 g/mol. The highest BCUT2D eigenvalue weighted by molar-refractivity contribution is 6.11. The number of fused-ring (bicyclic) bond motifs is 3. The van der Waals surface area contributed by atoms with Gasteiger partial charge in [0, 0.05) is 40.4 Å². The molecule has 1 aliphatic rings. The Morgan fingerprint density at radius 2 is 2.10 bits per heavy atom. The van der Waals surface area contributed by atoms with Gasteiger partial charge in [0.2, 0.25) is 0 Å². The summed E-state index contributed by atoms with van der Waals surface area (Å²) in [5, 5.41) is 2.06. The number of furan rings is 1. The van der Waals surface area contributed by atoms with Crippen LogP contribution >= 0.6 is 0 Å². The quantitative estimate of drug-likeness (QED) is 0.688. The summed E-state index contributed by atoms with van der Waals surface area (Å²) < 4.78 is 5.60. The molecular formula is C16H13NO3. The summed E-state index contributed by atoms with van der Waals surface area (Å²) in [5.41, 5.74) is 2.74. The zero-order valence-corrected chi connectivity index (χ0v) is 10.8. The first kappa shape index (κ1) is 11.5. The summed E-state index contributed by atoms with van der Waals surface area (Å²) in [6.45, 7) is 0. The molecule has 0 saturated heterocycles. The zero-order chi connectivity index (χ0) is 13.7. The third-order valence-electron chi connectivity index (χ3n) is 4.14. The second kappa shape index (κ2) is 4.07. The fourth-order valence-electron chi connectivity index (χ4n) is 3.15. The molecule has 1 aliphatic carbocycles. The minimum Gasteiger partial charge on any atom is -0.464 e. The van der Waals surface area contributed by atoms with Crippen molar-refractivity contribution in [1.82, 2.24) is 4.98 Å². The Balaban J connectivity index is 1.93. The van der Waals surface area contributed by atoms with Crippen molar-refractivity contribution in [3.05, 3.63) is 36.2 Å². The number of carbonyl (C=O) groups is 2. The Kier molecular flexibility index (Phi) is 2.33. The van der Waals surface area contributed by atoms with Gasteiger partial charge in [-0.15, -0.1) is 0 Å². The Morgan fingerprint density at radius 1 is 1.20 bits per heavy atom. The van der Waals surface area contributed by atoms with Gasteiger partial charge in [-0.25, -0.2) is 0 Å². The van der Waals surface area contributed by atoms with E-state index in [1.54, 1.807) is 6.26 Å². The number of benzene rings is 1. The number of hydrogen-bond donors (Lipinski definition) is 1. The molecule has 1 aromatic carbocycles. The lowest BCUT2D eigenvalue weighted by molar-refractivity contribution is -0.130. The van der Waals surface area contributed by atoms with Crippen LogP contribution in [-0.4, -0.2) is 16.6 Å². The lowest BCUT2D eigenvalue weighted by Gasteiger charge is -2.18. The maximum Gasteiger partial charge on any atom is 0.147 e. The van der Waals surface area contributed by atoms with Crippen molar-refractivity contribution >= 4 is 33.4 Å². The van der Waals surface area contributed by atoms with E-state index in [2.05, 4.69) is 4.98 Å². The molecule has 1 atom stereocenters. The van der Waals surface area contributed by atoms with Crippen molar-refractivity contribution < 1.29 is 14.0 Å². The van der Waals surface area contributed by atoms with Crippen molar-refractivity contribution in [3.8, 4) is 0 Å². The lowest BCUT2D eigenvalue weighted by atomic mass is 9.82. The van der Waals surface area contributed by atoms with Gasteiger partial charge in [-0.2, -0.15) is 0 Å². The Morgan fingerprint density at radius 3 is 2.95 bits per heavy atom. The summed E-state index contributed by atoms with van der Waals surface area (Å²) in [6.07, 6.45) is 4.68. The van der Waals surface area contributed by atoms with Crippen LogP contribution in [0.4, 0.5) is 0 Å². The molecule has 0 bridgehead atoms. The first-order valence-electron chi connectivity index (χ1n) is 6.75. The van der Waals surface area contributed by atoms with Gasteiger partial charge in [-0.1, -0.05) is 0 Å². The molecule has 0 aliphatic heterocycles. The number of nitrogens with one attached hydrogen (secondary N) is 1. The molecule has 1 unspecified atom stereocenters. The van der Waals surface area contributed by atoms with Crippen LogP contribution in [0.15, 0.2) is 35.1 Å². The standard InChI is InChI=1S/C16H13NO3/c18-9-1-2-10(14(19)7-9)12-8-20-15-4-3-13-11(16(12)15)5-6-17-13/h3-6,8,10,17H,1-2,7H2. The van der Waals surface area contributed by atoms with Crippen molar-refractivity contribution in [2.24, 2.45) is 0 Å². The third kappa shape index (κ3) is 1.54. The van der Waals surface area contributed by atoms with Crippen molar-refractivity contribution in [2.45, 2.75) is 25.2 Å². The van der Waals surface area contributed by atoms with Gasteiger partial charge in [0.1, 0.15) is 17.1 Å². The Labute approximate surface area is 114 Å². The van der Waals surface area contributed by atoms with Crippen LogP contribution in [0.3, 0.4) is 0 Å². The van der Waals surface area contributed by atoms with Crippen LogP contribution in [-0.2, 0) is 9.59 Å². The van der Waals surface area contributed by atoms with Crippen molar-refractivity contribution in [1.29, 1.82) is 0 Å². The fourth-order valence-corrected chi connectivity index (χ4v) is 3.15. The van der Waals surface area contributed by atoms with E-state index >= 15 is 0 Å². The first-order chi connectivity index (χ1) is 9.74. The third-order valence-corrected chi connectivity index (χ3v) is 4.14. The number of ketones is 2. The molecule has 0 spiro atoms. The van der Waals surface area contributed by atoms with E-state index in [1.807, 2.05) is 24.4 Å². The van der Waals surface area contributed by atoms with Crippen LogP contribution in [0.5, 0.6) is 0 Å². The van der Waals surface area contributed by atoms with E-state index < -0.39 is 0 Å². The van der Waals surface area contributed by atoms with E-state index in [0.717, 1.165) is 27.4 Å². The zero-order valence-electron chi connectivity index (χ0n) is 10.8. The highest BCUT2D eigenvalue weighted by atomic mass is 16.3. The normalized spacial score (nSPS) is 20.1. The summed E-state index contributed by atoms with van der Waals surface area (Å²) in [7, 11) is 0. The molecule has 2 heterocycles. The fraction of sp³-hybridized carbons (Fsp3) is 0.250. The maximum atomic E-state index is 12.2. The number of aromatic nitrogens is 1. The summed E-state index contributed by atoms with van der Waals surface area (Å²) in [5.74, 6) is -0.156. The molecule has 3 aromatic rings. The minimum atomic E-state index is -0.213. The Hall–Kier alpha value is -2.36. The van der Waals surface area contributed by atoms with Gasteiger partial charge in [-0.05, 0) is 24.6 Å². The van der Waals surface area contributed by atoms with E-state index in [1.165, 1.54) is 0 Å². The lowest BCUT2D eigenvalue weighted by Crippen LogP contribution is -2.22. The van der Waals surface area contributed by atoms with Gasteiger partial charge in [-0.3, -0.25) is 9.59 Å². The van der Waals surface area contributed by atoms with Gasteiger partial charge in [0.15, 0.2) is 0 Å². The molecule has 2 aromatic heterocycles. The highest BCUT2D eigenvalue weighted by Gasteiger charge is 2.31. The molecule has 1 saturated carbocycles. The van der Waals surface area contributed by atoms with E-state index in [4.69, 9.17) is 4.42 Å². The molecule has 4 rings (SSSR count). The number of aromatic amines is 1. The number of Topliss-reactive ketones (excluding diaryl/α,β-unsaturated/α-hetero) is 2. The monoisotopic (exact) mass is 267 g/mol. The largest absolute Gasteiger partial charge is 0.464 e. The molecule has 4 nitrogen and oxygen atoms in total. The van der Waals surface area contributed by atoms with Gasteiger partial charge < -0.3 is 9.40 Å². The molecule has 1 N–H and O–H groups in total. The highest BCUT2D eigenvalue weighted by Crippen LogP contribution is 2.37. The van der Waals surface area contributed by atoms with Crippen LogP contribution in [0, 0.1) is 0 Å². The average Bonchev–Trinajstić information content (AvgIpc) is 3.03. The number of rotatable bonds is 1. The predicted molar refractivity (Wildman–Crippen MR) is 74.7 cm³/mol. The van der Waals surface area contributed by atoms with E-state index in [0.29, 0.717) is 12.8 Å². The van der Waals surface area contributed by atoms with Gasteiger partial charge >= 0.3 is 0 Å². The molecule has 20 heavy (non-hydrogen) atoms. The Bertz CT molecular complexity index is 840. The van der Waals surface area contributed by atoms with Crippen LogP contribution < -0.4 is 0 Å². The smallest absolute Gasteiger partial charge is 0.147 e. The molecular weight excluding hydrogens is 254 g/mol. The first-order valence-corrected chi connectivity index (χ1v) is 6.75. The SMILES string of the molecule is O=C1CCC(c2coc3ccc4[nH]ccc4c23)C(=O)C1. The molecule has 0 amide bonds. The van der Waals surface area contributed by atoms with Crippen LogP contribution in [0.1, 0.15) is 30.7 Å².